The molecular weight excluding hydrogens is 986 g/mol. The van der Waals surface area contributed by atoms with Crippen molar-refractivity contribution in [3.05, 3.63) is 124 Å². The first-order valence-corrected chi connectivity index (χ1v) is 25.6. The lowest BCUT2D eigenvalue weighted by Gasteiger charge is -2.43. The monoisotopic (exact) mass is 1050 g/mol. The molecule has 0 saturated carbocycles. The number of fused-ring (bicyclic) bond motifs is 2. The van der Waals surface area contributed by atoms with Crippen LogP contribution < -0.4 is 36.8 Å². The summed E-state index contributed by atoms with van der Waals surface area (Å²) >= 11 is 0. The SMILES string of the molecule is CNCC(=O)N[C@H](C(=O)N1Cc2ccc(NC(=O)CNC(=O)[C@]3(C)CN(C(=O)CN4C[C@@H](C)NC[C@@H]4CN4CCOC[C@H]4C)c4cc(Cc5ccc(F)cc5)ccc43)cc2[C@H]1C(=O)Nc1c(F)cccc1F)[C@@H](C)OC. The van der Waals surface area contributed by atoms with Gasteiger partial charge < -0.3 is 51.2 Å². The van der Waals surface area contributed by atoms with E-state index < -0.39 is 77.0 Å². The first-order chi connectivity index (χ1) is 36.4. The molecule has 76 heavy (non-hydrogen) atoms. The fraction of sp³-hybridized carbons (Fsp3) is 0.455. The molecule has 0 radical (unpaired) electrons. The highest BCUT2D eigenvalue weighted by Crippen LogP contribution is 2.43. The van der Waals surface area contributed by atoms with Crippen LogP contribution in [0.2, 0.25) is 0 Å². The minimum Gasteiger partial charge on any atom is -0.379 e. The molecule has 4 aliphatic rings. The van der Waals surface area contributed by atoms with Gasteiger partial charge in [0.05, 0.1) is 44.4 Å². The minimum atomic E-state index is -1.50. The number of rotatable bonds is 18. The van der Waals surface area contributed by atoms with E-state index >= 15 is 0 Å². The maximum Gasteiger partial charge on any atom is 0.252 e. The molecule has 0 aromatic heterocycles. The lowest BCUT2D eigenvalue weighted by atomic mass is 9.83. The number of morpholine rings is 1. The molecule has 2 fully saturated rings. The van der Waals surface area contributed by atoms with Crippen molar-refractivity contribution in [2.75, 3.05) is 95.3 Å². The molecule has 6 N–H and O–H groups in total. The van der Waals surface area contributed by atoms with Crippen molar-refractivity contribution >= 4 is 52.5 Å². The number of ether oxygens (including phenoxy) is 2. The zero-order valence-electron chi connectivity index (χ0n) is 43.6. The van der Waals surface area contributed by atoms with Gasteiger partial charge in [-0.2, -0.15) is 0 Å². The largest absolute Gasteiger partial charge is 0.379 e. The maximum absolute atomic E-state index is 14.9. The number of hydrogen-bond acceptors (Lipinski definition) is 12. The molecule has 7 atom stereocenters. The third-order valence-corrected chi connectivity index (χ3v) is 14.9. The second-order valence-corrected chi connectivity index (χ2v) is 20.4. The van der Waals surface area contributed by atoms with Gasteiger partial charge in [0.1, 0.15) is 35.2 Å². The topological polar surface area (TPSA) is 206 Å². The molecule has 2 saturated heterocycles. The smallest absolute Gasteiger partial charge is 0.252 e. The van der Waals surface area contributed by atoms with Crippen molar-refractivity contribution in [3.8, 4) is 0 Å². The Hall–Kier alpha value is -6.75. The molecule has 406 valence electrons. The molecule has 4 aromatic carbocycles. The number of carbonyl (C=O) groups excluding carboxylic acids is 6. The Morgan fingerprint density at radius 2 is 1.63 bits per heavy atom. The number of nitrogens with zero attached hydrogens (tertiary/aromatic N) is 4. The summed E-state index contributed by atoms with van der Waals surface area (Å²) in [6.45, 7) is 11.0. The Morgan fingerprint density at radius 1 is 0.895 bits per heavy atom. The van der Waals surface area contributed by atoms with E-state index in [1.165, 1.54) is 30.2 Å². The van der Waals surface area contributed by atoms with Gasteiger partial charge in [-0.1, -0.05) is 36.4 Å². The van der Waals surface area contributed by atoms with Crippen molar-refractivity contribution in [1.82, 2.24) is 36.0 Å². The normalized spacial score (nSPS) is 22.3. The molecule has 4 aliphatic heterocycles. The molecule has 0 aliphatic carbocycles. The summed E-state index contributed by atoms with van der Waals surface area (Å²) in [6.07, 6.45) is -0.421. The molecule has 4 aromatic rings. The van der Waals surface area contributed by atoms with Gasteiger partial charge in [-0.05, 0) is 111 Å². The zero-order valence-corrected chi connectivity index (χ0v) is 43.6. The van der Waals surface area contributed by atoms with Gasteiger partial charge in [-0.15, -0.1) is 0 Å². The van der Waals surface area contributed by atoms with Crippen LogP contribution in [-0.2, 0) is 56.6 Å². The molecule has 6 amide bonds. The Labute approximate surface area is 440 Å². The van der Waals surface area contributed by atoms with E-state index in [9.17, 15) is 41.9 Å². The van der Waals surface area contributed by atoms with Gasteiger partial charge in [-0.25, -0.2) is 13.2 Å². The third kappa shape index (κ3) is 12.4. The maximum atomic E-state index is 14.9. The average Bonchev–Trinajstić information content (AvgIpc) is 4.02. The van der Waals surface area contributed by atoms with Crippen molar-refractivity contribution in [2.24, 2.45) is 0 Å². The molecular formula is C55H67F3N10O8. The van der Waals surface area contributed by atoms with E-state index in [1.807, 2.05) is 18.2 Å². The minimum absolute atomic E-state index is 0.00903. The molecule has 0 bridgehead atoms. The highest BCUT2D eigenvalue weighted by molar-refractivity contribution is 6.05. The number of anilines is 3. The quantitative estimate of drug-likeness (QED) is 0.0851. The standard InChI is InChI=1S/C55H67F3N10O8/c1-32-26-66(40(23-60-32)28-65-18-19-76-30-33(65)2)29-48(71)68-31-55(4,42-17-12-36(21-45(42)68)20-35-10-14-38(56)15-11-35)54(74)61-25-47(70)62-39-16-13-37-27-67(53(73)49(34(3)75-6)63-46(69)24-59-5)51(41(37)22-39)52(72)64-50-43(57)8-7-9-44(50)58/h7-17,21-22,32-34,40,49,51,59-60H,18-20,23-31H2,1-6H3,(H,61,74)(H,62,70)(H,63,69)(H,64,72)/t32-,33-,34-,40-,49+,51+,55-/m1/s1. The summed E-state index contributed by atoms with van der Waals surface area (Å²) in [4.78, 5) is 91.7. The fourth-order valence-electron chi connectivity index (χ4n) is 10.5. The average molecular weight is 1050 g/mol. The van der Waals surface area contributed by atoms with Crippen LogP contribution >= 0.6 is 0 Å². The van der Waals surface area contributed by atoms with E-state index in [0.717, 1.165) is 42.4 Å². The second-order valence-electron chi connectivity index (χ2n) is 20.4. The first-order valence-electron chi connectivity index (χ1n) is 25.6. The van der Waals surface area contributed by atoms with Gasteiger partial charge in [0.2, 0.25) is 29.5 Å². The van der Waals surface area contributed by atoms with E-state index in [0.29, 0.717) is 49.5 Å². The van der Waals surface area contributed by atoms with Crippen LogP contribution in [-0.4, -0.2) is 160 Å². The Morgan fingerprint density at radius 3 is 2.34 bits per heavy atom. The van der Waals surface area contributed by atoms with Crippen LogP contribution in [0.25, 0.3) is 0 Å². The molecule has 21 heteroatoms. The van der Waals surface area contributed by atoms with Crippen LogP contribution in [0.5, 0.6) is 0 Å². The number of piperazine rings is 1. The number of halogens is 3. The predicted octanol–water partition coefficient (Wildman–Crippen LogP) is 3.20. The van der Waals surface area contributed by atoms with Crippen molar-refractivity contribution in [3.63, 3.8) is 0 Å². The van der Waals surface area contributed by atoms with Gasteiger partial charge in [-0.3, -0.25) is 38.6 Å². The third-order valence-electron chi connectivity index (χ3n) is 14.9. The number of likely N-dealkylation sites (N-methyl/N-ethyl adjacent to an activating group) is 1. The van der Waals surface area contributed by atoms with Crippen molar-refractivity contribution in [2.45, 2.75) is 82.4 Å². The van der Waals surface area contributed by atoms with E-state index in [4.69, 9.17) is 9.47 Å². The van der Waals surface area contributed by atoms with Gasteiger partial charge in [0, 0.05) is 75.9 Å². The summed E-state index contributed by atoms with van der Waals surface area (Å²) in [5.41, 5.74) is 1.72. The number of benzene rings is 4. The summed E-state index contributed by atoms with van der Waals surface area (Å²) in [7, 11) is 2.91. The summed E-state index contributed by atoms with van der Waals surface area (Å²) < 4.78 is 54.8. The summed E-state index contributed by atoms with van der Waals surface area (Å²) in [5, 5.41) is 16.8. The zero-order chi connectivity index (χ0) is 54.4. The van der Waals surface area contributed by atoms with Crippen LogP contribution in [0.4, 0.5) is 30.2 Å². The second kappa shape index (κ2) is 24.1. The van der Waals surface area contributed by atoms with Crippen molar-refractivity contribution < 1.29 is 51.4 Å². The Balaban J connectivity index is 1.01. The highest BCUT2D eigenvalue weighted by atomic mass is 19.1. The van der Waals surface area contributed by atoms with Crippen LogP contribution in [0.15, 0.2) is 78.9 Å². The van der Waals surface area contributed by atoms with E-state index in [2.05, 4.69) is 55.5 Å². The molecule has 18 nitrogen and oxygen atoms in total. The molecule has 0 spiro atoms. The summed E-state index contributed by atoms with van der Waals surface area (Å²) in [5.74, 6) is -6.01. The number of nitrogens with one attached hydrogen (secondary N) is 6. The lowest BCUT2D eigenvalue weighted by Crippen LogP contribution is -2.62. The van der Waals surface area contributed by atoms with Gasteiger partial charge in [0.25, 0.3) is 5.91 Å². The number of para-hydroxylation sites is 1. The molecule has 4 heterocycles. The lowest BCUT2D eigenvalue weighted by molar-refractivity contribution is -0.144. The first kappa shape index (κ1) is 55.5. The van der Waals surface area contributed by atoms with Gasteiger partial charge in [0.15, 0.2) is 0 Å². The number of carbonyl (C=O) groups is 6. The predicted molar refractivity (Wildman–Crippen MR) is 279 cm³/mol. The molecule has 8 rings (SSSR count). The van der Waals surface area contributed by atoms with Gasteiger partial charge >= 0.3 is 0 Å². The van der Waals surface area contributed by atoms with Crippen LogP contribution in [0.3, 0.4) is 0 Å². The molecule has 0 unspecified atom stereocenters. The summed E-state index contributed by atoms with van der Waals surface area (Å²) in [6, 6.07) is 17.1. The number of amides is 6. The fourth-order valence-corrected chi connectivity index (χ4v) is 10.5. The van der Waals surface area contributed by atoms with E-state index in [-0.39, 0.29) is 67.3 Å². The Bertz CT molecular complexity index is 2800. The van der Waals surface area contributed by atoms with E-state index in [1.54, 1.807) is 50.1 Å². The van der Waals surface area contributed by atoms with Crippen LogP contribution in [0, 0.1) is 17.5 Å². The number of methoxy groups -OCH3 is 1. The Kier molecular flexibility index (Phi) is 17.6. The number of hydrogen-bond donors (Lipinski definition) is 6. The highest BCUT2D eigenvalue weighted by Gasteiger charge is 2.48. The van der Waals surface area contributed by atoms with Crippen LogP contribution in [0.1, 0.15) is 61.6 Å². The van der Waals surface area contributed by atoms with Crippen molar-refractivity contribution in [1.29, 1.82) is 0 Å².